The molecule has 4 aromatic rings. The Morgan fingerprint density at radius 1 is 1.16 bits per heavy atom. The lowest BCUT2D eigenvalue weighted by Crippen LogP contribution is -2.19. The molecule has 7 nitrogen and oxygen atoms in total. The third-order valence-corrected chi connectivity index (χ3v) is 5.82. The highest BCUT2D eigenvalue weighted by Crippen LogP contribution is 2.28. The number of H-pyrrole nitrogens is 1. The summed E-state index contributed by atoms with van der Waals surface area (Å²) in [6.45, 7) is 1.76. The molecule has 164 valence electrons. The number of aromatic amines is 1. The van der Waals surface area contributed by atoms with Crippen LogP contribution >= 0.6 is 0 Å². The molecule has 11 heteroatoms. The molecule has 1 atom stereocenters. The van der Waals surface area contributed by atoms with Crippen molar-refractivity contribution in [2.75, 3.05) is 10.5 Å². The molecule has 0 aliphatic heterocycles. The van der Waals surface area contributed by atoms with E-state index < -0.39 is 45.8 Å². The molecular formula is C21H16F3N5O2S. The molecule has 0 radical (unpaired) electrons. The number of carbonyl (C=O) groups is 1. The van der Waals surface area contributed by atoms with Crippen LogP contribution in [0.3, 0.4) is 0 Å². The van der Waals surface area contributed by atoms with Gasteiger partial charge in [-0.2, -0.15) is 5.10 Å². The quantitative estimate of drug-likeness (QED) is 0.244. The molecule has 4 rings (SSSR count). The van der Waals surface area contributed by atoms with Gasteiger partial charge in [-0.25, -0.2) is 22.9 Å². The predicted octanol–water partition coefficient (Wildman–Crippen LogP) is 4.15. The maximum Gasteiger partial charge on any atom is 0.199 e. The molecule has 0 aliphatic rings. The minimum Gasteiger partial charge on any atom is -0.593 e. The van der Waals surface area contributed by atoms with E-state index >= 15 is 0 Å². The highest BCUT2D eigenvalue weighted by Gasteiger charge is 2.27. The molecule has 2 N–H and O–H groups in total. The van der Waals surface area contributed by atoms with Crippen LogP contribution in [0.15, 0.2) is 42.9 Å². The van der Waals surface area contributed by atoms with Crippen LogP contribution < -0.4 is 4.72 Å². The number of ketones is 1. The van der Waals surface area contributed by atoms with E-state index in [2.05, 4.69) is 24.9 Å². The highest BCUT2D eigenvalue weighted by atomic mass is 32.2. The van der Waals surface area contributed by atoms with Crippen molar-refractivity contribution in [3.63, 3.8) is 0 Å². The lowest BCUT2D eigenvalue weighted by molar-refractivity contribution is 0.103. The first-order valence-corrected chi connectivity index (χ1v) is 10.8. The van der Waals surface area contributed by atoms with Gasteiger partial charge in [0.15, 0.2) is 23.2 Å². The van der Waals surface area contributed by atoms with Gasteiger partial charge >= 0.3 is 0 Å². The number of anilines is 1. The van der Waals surface area contributed by atoms with Crippen molar-refractivity contribution in [3.05, 3.63) is 71.4 Å². The van der Waals surface area contributed by atoms with E-state index in [1.807, 2.05) is 0 Å². The summed E-state index contributed by atoms with van der Waals surface area (Å²) in [5.74, 6) is -5.30. The normalized spacial score (nSPS) is 12.2. The third kappa shape index (κ3) is 4.16. The van der Waals surface area contributed by atoms with Gasteiger partial charge in [0.1, 0.15) is 11.4 Å². The molecule has 1 unspecified atom stereocenters. The van der Waals surface area contributed by atoms with Crippen LogP contribution in [0.2, 0.25) is 0 Å². The Balaban J connectivity index is 1.75. The fourth-order valence-electron chi connectivity index (χ4n) is 3.06. The summed E-state index contributed by atoms with van der Waals surface area (Å²) in [5.41, 5.74) is 0.139. The standard InChI is InChI=1S/C21H16F3N5O2S/c1-2-5-32(31)29-16-7-13(22)19(23)18(20(16)24)21(30)11-3-4-14-15(6-11)28-17(10-25-14)12-8-26-27-9-12/h3-4,6-10,29H,2,5H2,1H3,(H,26,27). The first kappa shape index (κ1) is 21.8. The molecule has 0 spiro atoms. The van der Waals surface area contributed by atoms with Gasteiger partial charge in [0, 0.05) is 23.4 Å². The molecule has 2 aromatic heterocycles. The van der Waals surface area contributed by atoms with E-state index in [0.717, 1.165) is 0 Å². The molecule has 32 heavy (non-hydrogen) atoms. The lowest BCUT2D eigenvalue weighted by atomic mass is 10.0. The van der Waals surface area contributed by atoms with Crippen molar-refractivity contribution in [1.29, 1.82) is 0 Å². The van der Waals surface area contributed by atoms with Gasteiger partial charge in [-0.05, 0) is 24.6 Å². The van der Waals surface area contributed by atoms with Crippen molar-refractivity contribution in [2.24, 2.45) is 0 Å². The highest BCUT2D eigenvalue weighted by molar-refractivity contribution is 7.92. The first-order chi connectivity index (χ1) is 15.4. The topological polar surface area (TPSA) is 107 Å². The molecule has 2 heterocycles. The van der Waals surface area contributed by atoms with Gasteiger partial charge < -0.3 is 4.55 Å². The lowest BCUT2D eigenvalue weighted by Gasteiger charge is -2.14. The summed E-state index contributed by atoms with van der Waals surface area (Å²) >= 11 is -1.71. The average molecular weight is 459 g/mol. The number of fused-ring (bicyclic) bond motifs is 1. The summed E-state index contributed by atoms with van der Waals surface area (Å²) in [5, 5.41) is 6.49. The summed E-state index contributed by atoms with van der Waals surface area (Å²) in [7, 11) is 0. The van der Waals surface area contributed by atoms with Gasteiger partial charge in [0.25, 0.3) is 0 Å². The minimum absolute atomic E-state index is 0.111. The zero-order valence-electron chi connectivity index (χ0n) is 16.7. The Kier molecular flexibility index (Phi) is 6.10. The van der Waals surface area contributed by atoms with Gasteiger partial charge in [-0.15, -0.1) is 0 Å². The second-order valence-electron chi connectivity index (χ2n) is 6.84. The summed E-state index contributed by atoms with van der Waals surface area (Å²) in [4.78, 5) is 21.6. The van der Waals surface area contributed by atoms with E-state index in [1.54, 1.807) is 19.3 Å². The zero-order valence-corrected chi connectivity index (χ0v) is 17.5. The van der Waals surface area contributed by atoms with Crippen LogP contribution in [0.5, 0.6) is 0 Å². The monoisotopic (exact) mass is 459 g/mol. The fraction of sp³-hybridized carbons (Fsp3) is 0.143. The van der Waals surface area contributed by atoms with Gasteiger partial charge in [-0.3, -0.25) is 14.9 Å². The van der Waals surface area contributed by atoms with E-state index in [9.17, 15) is 22.5 Å². The van der Waals surface area contributed by atoms with Crippen molar-refractivity contribution in [1.82, 2.24) is 20.2 Å². The van der Waals surface area contributed by atoms with Crippen LogP contribution in [-0.4, -0.2) is 36.3 Å². The zero-order chi connectivity index (χ0) is 22.8. The number of carbonyl (C=O) groups excluding carboxylic acids is 1. The molecule has 0 amide bonds. The number of halogens is 3. The van der Waals surface area contributed by atoms with E-state index in [4.69, 9.17) is 0 Å². The summed E-state index contributed by atoms with van der Waals surface area (Å²) < 4.78 is 57.7. The number of aromatic nitrogens is 4. The summed E-state index contributed by atoms with van der Waals surface area (Å²) in [6.07, 6.45) is 5.20. The van der Waals surface area contributed by atoms with Crippen LogP contribution in [-0.2, 0) is 11.4 Å². The van der Waals surface area contributed by atoms with Gasteiger partial charge in [0.05, 0.1) is 46.0 Å². The molecule has 0 bridgehead atoms. The maximum absolute atomic E-state index is 15.0. The first-order valence-electron chi connectivity index (χ1n) is 9.52. The van der Waals surface area contributed by atoms with Crippen LogP contribution in [0.1, 0.15) is 29.3 Å². The molecule has 0 aliphatic carbocycles. The number of nitrogens with zero attached hydrogens (tertiary/aromatic N) is 3. The number of hydrogen-bond donors (Lipinski definition) is 2. The second-order valence-corrected chi connectivity index (χ2v) is 8.14. The van der Waals surface area contributed by atoms with E-state index in [1.165, 1.54) is 24.4 Å². The maximum atomic E-state index is 15.0. The smallest absolute Gasteiger partial charge is 0.199 e. The van der Waals surface area contributed by atoms with Crippen molar-refractivity contribution in [2.45, 2.75) is 13.3 Å². The van der Waals surface area contributed by atoms with E-state index in [0.29, 0.717) is 34.8 Å². The van der Waals surface area contributed by atoms with Crippen LogP contribution in [0, 0.1) is 17.5 Å². The predicted molar refractivity (Wildman–Crippen MR) is 114 cm³/mol. The Bertz CT molecular complexity index is 1300. The van der Waals surface area contributed by atoms with Crippen LogP contribution in [0.4, 0.5) is 18.9 Å². The van der Waals surface area contributed by atoms with E-state index in [-0.39, 0.29) is 11.3 Å². The largest absolute Gasteiger partial charge is 0.593 e. The van der Waals surface area contributed by atoms with Gasteiger partial charge in [0.2, 0.25) is 0 Å². The Morgan fingerprint density at radius 2 is 1.97 bits per heavy atom. The van der Waals surface area contributed by atoms with Gasteiger partial charge in [-0.1, -0.05) is 6.92 Å². The van der Waals surface area contributed by atoms with Crippen molar-refractivity contribution < 1.29 is 22.5 Å². The van der Waals surface area contributed by atoms with Crippen LogP contribution in [0.25, 0.3) is 22.3 Å². The third-order valence-electron chi connectivity index (χ3n) is 4.59. The summed E-state index contributed by atoms with van der Waals surface area (Å²) in [6, 6.07) is 4.65. The Labute approximate surface area is 183 Å². The second kappa shape index (κ2) is 8.97. The number of benzene rings is 2. The molecule has 2 aromatic carbocycles. The number of nitrogens with one attached hydrogen (secondary N) is 2. The average Bonchev–Trinajstić information content (AvgIpc) is 3.32. The SMILES string of the molecule is CCC[S+]([O-])Nc1cc(F)c(F)c(C(=O)c2ccc3ncc(-c4cn[nH]c4)nc3c2)c1F. The van der Waals surface area contributed by atoms with Crippen molar-refractivity contribution >= 4 is 33.9 Å². The Morgan fingerprint density at radius 3 is 2.69 bits per heavy atom. The molecule has 0 saturated heterocycles. The number of hydrogen-bond acceptors (Lipinski definition) is 6. The fourth-order valence-corrected chi connectivity index (χ4v) is 3.93. The number of rotatable bonds is 7. The molecular weight excluding hydrogens is 443 g/mol. The minimum atomic E-state index is -1.71. The Hall–Kier alpha value is -3.44. The van der Waals surface area contributed by atoms with Crippen molar-refractivity contribution in [3.8, 4) is 11.3 Å². The molecule has 0 saturated carbocycles. The molecule has 0 fully saturated rings.